The van der Waals surface area contributed by atoms with Crippen molar-refractivity contribution >= 4 is 19.8 Å². The highest BCUT2D eigenvalue weighted by Crippen LogP contribution is 2.36. The van der Waals surface area contributed by atoms with E-state index in [2.05, 4.69) is 42.7 Å². The van der Waals surface area contributed by atoms with Crippen LogP contribution in [-0.4, -0.2) is 41.0 Å². The van der Waals surface area contributed by atoms with Crippen LogP contribution >= 0.6 is 7.82 Å². The van der Waals surface area contributed by atoms with Gasteiger partial charge in [0.05, 0.1) is 6.61 Å². The molecule has 312 valence electrons. The van der Waals surface area contributed by atoms with Gasteiger partial charge in [-0.25, -0.2) is 4.57 Å². The maximum Gasteiger partial charge on any atom is 0.469 e. The number of hydrogen-bond acceptors (Lipinski definition) is 6. The molecule has 0 aliphatic carbocycles. The second kappa shape index (κ2) is 40.2. The third kappa shape index (κ3) is 43.1. The Balaban J connectivity index is 3.92. The number of unbranched alkanes of at least 4 members (excludes halogenated alkanes) is 27. The van der Waals surface area contributed by atoms with E-state index in [1.165, 1.54) is 148 Å². The summed E-state index contributed by atoms with van der Waals surface area (Å²) < 4.78 is 26.4. The molecule has 0 unspecified atom stereocenters. The minimum atomic E-state index is -4.76. The first kappa shape index (κ1) is 51.5. The minimum absolute atomic E-state index is 0.206. The van der Waals surface area contributed by atoms with Crippen molar-refractivity contribution in [2.45, 2.75) is 232 Å². The van der Waals surface area contributed by atoms with Gasteiger partial charge in [0.15, 0.2) is 6.10 Å². The average molecular weight is 771 g/mol. The zero-order chi connectivity index (χ0) is 38.9. The van der Waals surface area contributed by atoms with Crippen molar-refractivity contribution in [2.24, 2.45) is 0 Å². The van der Waals surface area contributed by atoms with Gasteiger partial charge >= 0.3 is 19.8 Å². The van der Waals surface area contributed by atoms with Gasteiger partial charge < -0.3 is 19.3 Å². The fourth-order valence-corrected chi connectivity index (χ4v) is 6.77. The number of ether oxygens (including phenoxy) is 2. The normalized spacial score (nSPS) is 12.6. The molecule has 0 heterocycles. The van der Waals surface area contributed by atoms with Gasteiger partial charge in [-0.05, 0) is 38.5 Å². The minimum Gasteiger partial charge on any atom is -0.462 e. The Labute approximate surface area is 326 Å². The number of esters is 2. The van der Waals surface area contributed by atoms with Gasteiger partial charge in [-0.1, -0.05) is 199 Å². The fraction of sp³-hybridized carbons (Fsp3) is 0.864. The van der Waals surface area contributed by atoms with Crippen molar-refractivity contribution in [3.8, 4) is 0 Å². The van der Waals surface area contributed by atoms with E-state index in [0.29, 0.717) is 12.8 Å². The third-order valence-electron chi connectivity index (χ3n) is 9.72. The predicted molar refractivity (Wildman–Crippen MR) is 221 cm³/mol. The standard InChI is InChI=1S/C44H83O8P/c1-3-5-7-9-11-13-15-17-19-21-23-25-27-29-31-33-35-37-39-44(46)52-42(41-51-53(47,48)49)40-50-43(45)38-36-34-32-30-28-26-24-22-20-18-16-14-12-10-8-6-4-2/h24,26,30,32,42H,3-23,25,27-29,31,33-41H2,1-2H3,(H2,47,48,49)/b26-24+,32-30+/t42-/m1/s1. The number of hydrogen-bond donors (Lipinski definition) is 2. The highest BCUT2D eigenvalue weighted by atomic mass is 31.2. The molecule has 0 bridgehead atoms. The lowest BCUT2D eigenvalue weighted by molar-refractivity contribution is -0.161. The molecule has 0 fully saturated rings. The fourth-order valence-electron chi connectivity index (χ4n) is 6.41. The summed E-state index contributed by atoms with van der Waals surface area (Å²) >= 11 is 0. The molecule has 0 saturated carbocycles. The van der Waals surface area contributed by atoms with E-state index < -0.39 is 32.5 Å². The predicted octanol–water partition coefficient (Wildman–Crippen LogP) is 13.6. The van der Waals surface area contributed by atoms with E-state index in [9.17, 15) is 14.2 Å². The van der Waals surface area contributed by atoms with E-state index in [1.807, 2.05) is 0 Å². The summed E-state index contributed by atoms with van der Waals surface area (Å²) in [6.45, 7) is 3.68. The van der Waals surface area contributed by atoms with Crippen LogP contribution in [0, 0.1) is 0 Å². The first-order valence-corrected chi connectivity index (χ1v) is 23.7. The highest BCUT2D eigenvalue weighted by molar-refractivity contribution is 7.46. The summed E-state index contributed by atoms with van der Waals surface area (Å²) in [7, 11) is -4.76. The third-order valence-corrected chi connectivity index (χ3v) is 10.2. The Bertz CT molecular complexity index is 915. The van der Waals surface area contributed by atoms with E-state index in [0.717, 1.165) is 38.5 Å². The largest absolute Gasteiger partial charge is 0.469 e. The van der Waals surface area contributed by atoms with Gasteiger partial charge in [0, 0.05) is 12.8 Å². The summed E-state index contributed by atoms with van der Waals surface area (Å²) in [5, 5.41) is 0. The summed E-state index contributed by atoms with van der Waals surface area (Å²) in [6.07, 6.45) is 46.2. The smallest absolute Gasteiger partial charge is 0.462 e. The Morgan fingerprint density at radius 1 is 0.491 bits per heavy atom. The van der Waals surface area contributed by atoms with Crippen LogP contribution in [0.2, 0.25) is 0 Å². The van der Waals surface area contributed by atoms with Crippen LogP contribution in [0.5, 0.6) is 0 Å². The van der Waals surface area contributed by atoms with Gasteiger partial charge in [-0.3, -0.25) is 14.1 Å². The molecule has 9 heteroatoms. The van der Waals surface area contributed by atoms with Crippen LogP contribution in [0.25, 0.3) is 0 Å². The monoisotopic (exact) mass is 771 g/mol. The molecule has 0 rings (SSSR count). The maximum absolute atomic E-state index is 12.4. The van der Waals surface area contributed by atoms with Gasteiger partial charge in [-0.2, -0.15) is 0 Å². The lowest BCUT2D eigenvalue weighted by atomic mass is 10.0. The molecule has 0 aromatic heterocycles. The Morgan fingerprint density at radius 3 is 1.30 bits per heavy atom. The van der Waals surface area contributed by atoms with E-state index >= 15 is 0 Å². The SMILES string of the molecule is CCCCCCCCCCC/C=C/C/C=C/CCCC(=O)OC[C@H](COP(=O)(O)O)OC(=O)CCCCCCCCCCCCCCCCCCCC. The highest BCUT2D eigenvalue weighted by Gasteiger charge is 2.22. The lowest BCUT2D eigenvalue weighted by Crippen LogP contribution is -2.29. The second-order valence-corrected chi connectivity index (χ2v) is 16.3. The van der Waals surface area contributed by atoms with Crippen LogP contribution in [0.15, 0.2) is 24.3 Å². The molecular weight excluding hydrogens is 687 g/mol. The van der Waals surface area contributed by atoms with Crippen LogP contribution in [0.4, 0.5) is 0 Å². The van der Waals surface area contributed by atoms with Crippen molar-refractivity contribution in [1.29, 1.82) is 0 Å². The zero-order valence-corrected chi connectivity index (χ0v) is 35.3. The average Bonchev–Trinajstić information content (AvgIpc) is 3.13. The maximum atomic E-state index is 12.4. The molecule has 53 heavy (non-hydrogen) atoms. The molecule has 0 saturated heterocycles. The number of phosphoric acid groups is 1. The molecule has 0 aliphatic heterocycles. The first-order chi connectivity index (χ1) is 25.8. The van der Waals surface area contributed by atoms with E-state index in [1.54, 1.807) is 0 Å². The van der Waals surface area contributed by atoms with Crippen LogP contribution in [0.3, 0.4) is 0 Å². The Morgan fingerprint density at radius 2 is 0.868 bits per heavy atom. The van der Waals surface area contributed by atoms with Crippen molar-refractivity contribution < 1.29 is 37.9 Å². The van der Waals surface area contributed by atoms with Crippen molar-refractivity contribution in [1.82, 2.24) is 0 Å². The molecular formula is C44H83O8P. The molecule has 2 N–H and O–H groups in total. The van der Waals surface area contributed by atoms with E-state index in [-0.39, 0.29) is 19.4 Å². The first-order valence-electron chi connectivity index (χ1n) is 22.1. The Hall–Kier alpha value is -1.47. The van der Waals surface area contributed by atoms with Crippen molar-refractivity contribution in [3.63, 3.8) is 0 Å². The number of rotatable bonds is 41. The topological polar surface area (TPSA) is 119 Å². The summed E-state index contributed by atoms with van der Waals surface area (Å²) in [4.78, 5) is 42.9. The molecule has 8 nitrogen and oxygen atoms in total. The molecule has 0 amide bonds. The van der Waals surface area contributed by atoms with Gasteiger partial charge in [0.1, 0.15) is 6.61 Å². The van der Waals surface area contributed by atoms with Crippen molar-refractivity contribution in [3.05, 3.63) is 24.3 Å². The van der Waals surface area contributed by atoms with Gasteiger partial charge in [0.25, 0.3) is 0 Å². The molecule has 0 aliphatic rings. The number of allylic oxidation sites excluding steroid dienone is 4. The molecule has 1 atom stereocenters. The van der Waals surface area contributed by atoms with Gasteiger partial charge in [-0.15, -0.1) is 0 Å². The zero-order valence-electron chi connectivity index (χ0n) is 34.4. The lowest BCUT2D eigenvalue weighted by Gasteiger charge is -2.18. The molecule has 0 radical (unpaired) electrons. The van der Waals surface area contributed by atoms with Crippen LogP contribution in [0.1, 0.15) is 226 Å². The van der Waals surface area contributed by atoms with Gasteiger partial charge in [0.2, 0.25) is 0 Å². The summed E-state index contributed by atoms with van der Waals surface area (Å²) in [5.74, 6) is -0.927. The number of carbonyl (C=O) groups is 2. The molecule has 0 aromatic rings. The summed E-state index contributed by atoms with van der Waals surface area (Å²) in [6, 6.07) is 0. The quantitative estimate of drug-likeness (QED) is 0.0273. The Kier molecular flexibility index (Phi) is 39.1. The molecule has 0 aromatic carbocycles. The van der Waals surface area contributed by atoms with Crippen LogP contribution in [-0.2, 0) is 28.2 Å². The summed E-state index contributed by atoms with van der Waals surface area (Å²) in [5.41, 5.74) is 0. The number of phosphoric ester groups is 1. The second-order valence-electron chi connectivity index (χ2n) is 15.0. The van der Waals surface area contributed by atoms with Crippen molar-refractivity contribution in [2.75, 3.05) is 13.2 Å². The number of carbonyl (C=O) groups excluding carboxylic acids is 2. The molecule has 0 spiro atoms. The van der Waals surface area contributed by atoms with E-state index in [4.69, 9.17) is 19.3 Å². The van der Waals surface area contributed by atoms with Crippen LogP contribution < -0.4 is 0 Å².